The van der Waals surface area contributed by atoms with Gasteiger partial charge in [0.05, 0.1) is 17.6 Å². The minimum Gasteiger partial charge on any atom is -0.440 e. The van der Waals surface area contributed by atoms with Crippen LogP contribution in [0, 0.1) is 29.0 Å². The Morgan fingerprint density at radius 3 is 2.27 bits per heavy atom. The second kappa shape index (κ2) is 13.3. The Labute approximate surface area is 260 Å². The Kier molecular flexibility index (Phi) is 9.26. The summed E-state index contributed by atoms with van der Waals surface area (Å²) in [5.74, 6) is 0.951. The van der Waals surface area contributed by atoms with Crippen molar-refractivity contribution in [2.45, 2.75) is 69.7 Å². The molecule has 0 bridgehead atoms. The number of oxazole rings is 1. The first-order valence-electron chi connectivity index (χ1n) is 15.9. The summed E-state index contributed by atoms with van der Waals surface area (Å²) in [5, 5.41) is 13.1. The van der Waals surface area contributed by atoms with Crippen molar-refractivity contribution in [3.05, 3.63) is 60.1 Å². The second-order valence-electron chi connectivity index (χ2n) is 12.5. The van der Waals surface area contributed by atoms with E-state index < -0.39 is 16.6 Å². The molecule has 1 amide bonds. The van der Waals surface area contributed by atoms with Crippen molar-refractivity contribution in [2.24, 2.45) is 11.8 Å². The highest BCUT2D eigenvalue weighted by Crippen LogP contribution is 2.45. The fourth-order valence-corrected chi connectivity index (χ4v) is 8.29. The van der Waals surface area contributed by atoms with E-state index in [1.807, 2.05) is 24.3 Å². The van der Waals surface area contributed by atoms with Crippen LogP contribution in [0.5, 0.6) is 0 Å². The summed E-state index contributed by atoms with van der Waals surface area (Å²) in [4.78, 5) is 20.9. The number of hydrogen-bond acceptors (Lipinski definition) is 7. The van der Waals surface area contributed by atoms with Crippen LogP contribution in [0.2, 0.25) is 0 Å². The van der Waals surface area contributed by atoms with Crippen LogP contribution < -0.4 is 10.2 Å². The highest BCUT2D eigenvalue weighted by molar-refractivity contribution is 8.24. The zero-order valence-electron chi connectivity index (χ0n) is 25.0. The number of amides is 1. The Balaban J connectivity index is 1.30. The third-order valence-electron chi connectivity index (χ3n) is 9.62. The number of halogens is 1. The lowest BCUT2D eigenvalue weighted by atomic mass is 9.76. The van der Waals surface area contributed by atoms with E-state index in [2.05, 4.69) is 16.3 Å². The van der Waals surface area contributed by atoms with E-state index in [1.165, 1.54) is 18.6 Å². The standard InChI is InChI=1S/C34H41FN4O4S/c35-26-14-10-25(11-15-26)34-38-31(24-12-16-27(17-13-24)39-18-20-44(41,42)21-19-39)32(43-34)28-8-4-5-9-29(28)33(40)37-30(22-36)23-6-2-1-3-7-23/h10-17,23,28-30,41-42H,1-9,18-21H2,(H,37,40)/t28-,29-,30-/m1/s1. The van der Waals surface area contributed by atoms with Crippen molar-refractivity contribution in [1.82, 2.24) is 10.3 Å². The van der Waals surface area contributed by atoms with Gasteiger partial charge in [-0.25, -0.2) is 9.37 Å². The maximum Gasteiger partial charge on any atom is 0.226 e. The molecular formula is C34H41FN4O4S. The zero-order valence-corrected chi connectivity index (χ0v) is 25.8. The molecule has 10 heteroatoms. The topological polar surface area (TPSA) is 123 Å². The van der Waals surface area contributed by atoms with Crippen LogP contribution in [0.4, 0.5) is 10.1 Å². The van der Waals surface area contributed by atoms with Crippen LogP contribution in [-0.2, 0) is 4.79 Å². The Hall–Kier alpha value is -3.39. The molecule has 0 spiro atoms. The van der Waals surface area contributed by atoms with Gasteiger partial charge in [-0.15, -0.1) is 0 Å². The number of carbonyl (C=O) groups is 1. The average Bonchev–Trinajstić information content (AvgIpc) is 3.50. The van der Waals surface area contributed by atoms with Gasteiger partial charge in [0.1, 0.15) is 23.3 Å². The molecule has 2 aromatic carbocycles. The molecule has 2 saturated carbocycles. The number of carbonyl (C=O) groups excluding carboxylic acids is 1. The van der Waals surface area contributed by atoms with E-state index in [0.717, 1.165) is 56.2 Å². The van der Waals surface area contributed by atoms with E-state index in [-0.39, 0.29) is 29.5 Å². The van der Waals surface area contributed by atoms with E-state index in [0.29, 0.717) is 53.9 Å². The highest BCUT2D eigenvalue weighted by atomic mass is 32.3. The van der Waals surface area contributed by atoms with E-state index in [4.69, 9.17) is 9.40 Å². The zero-order chi connectivity index (χ0) is 30.7. The van der Waals surface area contributed by atoms with Crippen molar-refractivity contribution in [3.8, 4) is 28.8 Å². The molecule has 234 valence electrons. The van der Waals surface area contributed by atoms with Gasteiger partial charge in [-0.05, 0) is 68.0 Å². The highest BCUT2D eigenvalue weighted by Gasteiger charge is 2.38. The van der Waals surface area contributed by atoms with Crippen LogP contribution >= 0.6 is 10.6 Å². The van der Waals surface area contributed by atoms with E-state index >= 15 is 0 Å². The van der Waals surface area contributed by atoms with Crippen molar-refractivity contribution < 1.29 is 22.7 Å². The first kappa shape index (κ1) is 30.6. The maximum absolute atomic E-state index is 13.8. The van der Waals surface area contributed by atoms with Crippen LogP contribution in [-0.4, -0.2) is 50.6 Å². The third kappa shape index (κ3) is 6.80. The van der Waals surface area contributed by atoms with Gasteiger partial charge in [0.2, 0.25) is 11.8 Å². The van der Waals surface area contributed by atoms with E-state index in [9.17, 15) is 23.6 Å². The summed E-state index contributed by atoms with van der Waals surface area (Å²) in [7, 11) is -2.49. The number of anilines is 1. The monoisotopic (exact) mass is 620 g/mol. The summed E-state index contributed by atoms with van der Waals surface area (Å²) >= 11 is 0. The molecule has 3 atom stereocenters. The Morgan fingerprint density at radius 1 is 0.955 bits per heavy atom. The Bertz CT molecular complexity index is 1470. The number of benzene rings is 2. The molecule has 3 fully saturated rings. The number of hydrogen-bond donors (Lipinski definition) is 3. The molecule has 8 nitrogen and oxygen atoms in total. The first-order valence-corrected chi connectivity index (χ1v) is 17.8. The number of nitriles is 1. The van der Waals surface area contributed by atoms with Gasteiger partial charge in [-0.1, -0.05) is 44.2 Å². The molecule has 0 radical (unpaired) electrons. The molecule has 1 aromatic heterocycles. The van der Waals surface area contributed by atoms with Crippen molar-refractivity contribution >= 4 is 22.2 Å². The van der Waals surface area contributed by atoms with Crippen molar-refractivity contribution in [3.63, 3.8) is 0 Å². The third-order valence-corrected chi connectivity index (χ3v) is 11.3. The molecular weight excluding hydrogens is 579 g/mol. The lowest BCUT2D eigenvalue weighted by Gasteiger charge is -2.41. The van der Waals surface area contributed by atoms with Crippen molar-refractivity contribution in [1.29, 1.82) is 5.26 Å². The number of aromatic nitrogens is 1. The summed E-state index contributed by atoms with van der Waals surface area (Å²) in [5.41, 5.74) is 3.16. The lowest BCUT2D eigenvalue weighted by molar-refractivity contribution is -0.127. The fraction of sp³-hybridized carbons (Fsp3) is 0.500. The first-order chi connectivity index (χ1) is 21.3. The molecule has 0 unspecified atom stereocenters. The van der Waals surface area contributed by atoms with Crippen molar-refractivity contribution in [2.75, 3.05) is 29.5 Å². The van der Waals surface area contributed by atoms with E-state index in [1.54, 1.807) is 12.1 Å². The van der Waals surface area contributed by atoms with Crippen LogP contribution in [0.25, 0.3) is 22.7 Å². The van der Waals surface area contributed by atoms with Crippen LogP contribution in [0.1, 0.15) is 69.5 Å². The quantitative estimate of drug-likeness (QED) is 0.249. The number of nitrogens with zero attached hydrogens (tertiary/aromatic N) is 3. The van der Waals surface area contributed by atoms with Gasteiger partial charge in [-0.3, -0.25) is 13.9 Å². The van der Waals surface area contributed by atoms with Crippen LogP contribution in [0.15, 0.2) is 52.9 Å². The molecule has 3 aliphatic rings. The normalized spacial score (nSPS) is 23.8. The van der Waals surface area contributed by atoms with Gasteiger partial charge in [0.25, 0.3) is 0 Å². The summed E-state index contributed by atoms with van der Waals surface area (Å²) in [6.07, 6.45) is 8.67. The van der Waals surface area contributed by atoms with Gasteiger partial charge < -0.3 is 14.6 Å². The average molecular weight is 621 g/mol. The molecule has 44 heavy (non-hydrogen) atoms. The SMILES string of the molecule is N#C[C@@H](NC(=O)[C@@H]1CCCC[C@H]1c1oc(-c2ccc(F)cc2)nc1-c1ccc(N2CCS(O)(O)CC2)cc1)C1CCCCC1. The van der Waals surface area contributed by atoms with Crippen LogP contribution in [0.3, 0.4) is 0 Å². The predicted octanol–water partition coefficient (Wildman–Crippen LogP) is 7.58. The molecule has 2 aliphatic carbocycles. The molecule has 1 saturated heterocycles. The summed E-state index contributed by atoms with van der Waals surface area (Å²) in [6, 6.07) is 15.9. The number of rotatable bonds is 7. The lowest BCUT2D eigenvalue weighted by Crippen LogP contribution is -2.44. The minimum absolute atomic E-state index is 0.0936. The molecule has 1 aliphatic heterocycles. The molecule has 6 rings (SSSR count). The van der Waals surface area contributed by atoms with Gasteiger partial charge >= 0.3 is 0 Å². The minimum atomic E-state index is -2.49. The molecule has 3 aromatic rings. The van der Waals surface area contributed by atoms with Gasteiger partial charge in [0.15, 0.2) is 0 Å². The summed E-state index contributed by atoms with van der Waals surface area (Å²) < 4.78 is 40.3. The fourth-order valence-electron chi connectivity index (χ4n) is 7.06. The summed E-state index contributed by atoms with van der Waals surface area (Å²) in [6.45, 7) is 1.16. The maximum atomic E-state index is 13.8. The van der Waals surface area contributed by atoms with Gasteiger partial charge in [-0.2, -0.15) is 15.9 Å². The predicted molar refractivity (Wildman–Crippen MR) is 171 cm³/mol. The largest absolute Gasteiger partial charge is 0.440 e. The smallest absolute Gasteiger partial charge is 0.226 e. The molecule has 2 heterocycles. The van der Waals surface area contributed by atoms with Gasteiger partial charge in [0, 0.05) is 41.7 Å². The second-order valence-corrected chi connectivity index (χ2v) is 14.9. The number of nitrogens with one attached hydrogen (secondary N) is 1. The molecule has 3 N–H and O–H groups in total. The Morgan fingerprint density at radius 2 is 1.59 bits per heavy atom.